The number of hydrogen-bond acceptors (Lipinski definition) is 3. The number of nitrogens with one attached hydrogen (secondary N) is 2. The zero-order valence-corrected chi connectivity index (χ0v) is 12.9. The van der Waals surface area contributed by atoms with Crippen molar-refractivity contribution in [3.05, 3.63) is 23.0 Å². The summed E-state index contributed by atoms with van der Waals surface area (Å²) in [7, 11) is 1.58. The highest BCUT2D eigenvalue weighted by atomic mass is 16.3. The average Bonchev–Trinajstić information content (AvgIpc) is 3.11. The number of fused-ring (bicyclic) bond motifs is 1. The molecule has 6 heteroatoms. The number of likely N-dealkylation sites (tertiary alicyclic amines) is 1. The van der Waals surface area contributed by atoms with E-state index in [0.717, 1.165) is 24.8 Å². The molecule has 1 fully saturated rings. The Morgan fingerprint density at radius 3 is 2.91 bits per heavy atom. The minimum absolute atomic E-state index is 0.0541. The minimum atomic E-state index is -0.632. The van der Waals surface area contributed by atoms with Crippen molar-refractivity contribution in [2.75, 3.05) is 20.1 Å². The Hall–Kier alpha value is -1.82. The molecular weight excluding hydrogens is 282 g/mol. The number of aromatic amines is 1. The average molecular weight is 305 g/mol. The Labute approximate surface area is 129 Å². The Morgan fingerprint density at radius 2 is 2.14 bits per heavy atom. The molecule has 0 radical (unpaired) electrons. The Bertz CT molecular complexity index is 581. The number of carbonyl (C=O) groups excluding carboxylic acids is 2. The number of β-amino-alcohol motifs (C(OH)–C–C–N with tert-alkyl or cyclic N) is 1. The predicted octanol–water partition coefficient (Wildman–Crippen LogP) is 0.462. The first kappa shape index (κ1) is 15.1. The molecule has 0 aromatic carbocycles. The molecule has 2 amide bonds. The van der Waals surface area contributed by atoms with Crippen molar-refractivity contribution in [3.63, 3.8) is 0 Å². The number of aliphatic hydroxyl groups excluding tert-OH is 1. The molecule has 0 unspecified atom stereocenters. The quantitative estimate of drug-likeness (QED) is 0.758. The lowest BCUT2D eigenvalue weighted by molar-refractivity contribution is -0.122. The van der Waals surface area contributed by atoms with Crippen LogP contribution in [-0.4, -0.2) is 53.0 Å². The van der Waals surface area contributed by atoms with E-state index >= 15 is 0 Å². The van der Waals surface area contributed by atoms with Gasteiger partial charge in [-0.2, -0.15) is 0 Å². The van der Waals surface area contributed by atoms with Crippen LogP contribution in [0.5, 0.6) is 0 Å². The van der Waals surface area contributed by atoms with Gasteiger partial charge in [-0.3, -0.25) is 9.59 Å². The summed E-state index contributed by atoms with van der Waals surface area (Å²) in [4.78, 5) is 29.0. The zero-order chi connectivity index (χ0) is 15.7. The molecule has 0 bridgehead atoms. The van der Waals surface area contributed by atoms with Gasteiger partial charge in [0.2, 0.25) is 5.91 Å². The monoisotopic (exact) mass is 305 g/mol. The molecule has 1 saturated heterocycles. The number of rotatable bonds is 3. The molecule has 0 saturated carbocycles. The third kappa shape index (κ3) is 2.75. The van der Waals surface area contributed by atoms with Crippen LogP contribution in [0, 0.1) is 5.92 Å². The van der Waals surface area contributed by atoms with Crippen LogP contribution in [-0.2, 0) is 17.6 Å². The summed E-state index contributed by atoms with van der Waals surface area (Å²) in [6.45, 7) is 0.732. The van der Waals surface area contributed by atoms with Crippen LogP contribution in [0.15, 0.2) is 6.20 Å². The number of H-pyrrole nitrogens is 1. The predicted molar refractivity (Wildman–Crippen MR) is 81.5 cm³/mol. The summed E-state index contributed by atoms with van der Waals surface area (Å²) < 4.78 is 0. The highest BCUT2D eigenvalue weighted by Crippen LogP contribution is 2.27. The topological polar surface area (TPSA) is 85.4 Å². The van der Waals surface area contributed by atoms with Gasteiger partial charge in [-0.15, -0.1) is 0 Å². The Balaban J connectivity index is 1.71. The summed E-state index contributed by atoms with van der Waals surface area (Å²) >= 11 is 0. The van der Waals surface area contributed by atoms with Crippen LogP contribution in [0.4, 0.5) is 0 Å². The van der Waals surface area contributed by atoms with E-state index in [1.165, 1.54) is 12.0 Å². The SMILES string of the molecule is CNC(=O)C[C@@H]1CN(C(=O)c2[nH]cc3c2CCCC3)C[C@H]1O. The van der Waals surface area contributed by atoms with Gasteiger partial charge in [0.15, 0.2) is 0 Å². The van der Waals surface area contributed by atoms with Crippen LogP contribution in [0.2, 0.25) is 0 Å². The van der Waals surface area contributed by atoms with Crippen LogP contribution in [0.3, 0.4) is 0 Å². The van der Waals surface area contributed by atoms with Crippen LogP contribution in [0.25, 0.3) is 0 Å². The highest BCUT2D eigenvalue weighted by Gasteiger charge is 2.36. The maximum Gasteiger partial charge on any atom is 0.270 e. The molecule has 120 valence electrons. The number of hydrogen-bond donors (Lipinski definition) is 3. The molecule has 2 atom stereocenters. The van der Waals surface area contributed by atoms with Gasteiger partial charge in [-0.1, -0.05) is 0 Å². The summed E-state index contributed by atoms with van der Waals surface area (Å²) in [5, 5.41) is 12.7. The minimum Gasteiger partial charge on any atom is -0.391 e. The molecule has 2 heterocycles. The normalized spacial score (nSPS) is 24.2. The van der Waals surface area contributed by atoms with Crippen LogP contribution in [0.1, 0.15) is 40.9 Å². The first-order chi connectivity index (χ1) is 10.6. The van der Waals surface area contributed by atoms with Gasteiger partial charge < -0.3 is 20.3 Å². The Kier molecular flexibility index (Phi) is 4.20. The van der Waals surface area contributed by atoms with E-state index < -0.39 is 6.10 Å². The van der Waals surface area contributed by atoms with E-state index in [-0.39, 0.29) is 24.2 Å². The van der Waals surface area contributed by atoms with Crippen molar-refractivity contribution >= 4 is 11.8 Å². The third-order valence-corrected chi connectivity index (χ3v) is 4.84. The summed E-state index contributed by atoms with van der Waals surface area (Å²) in [6.07, 6.45) is 5.83. The standard InChI is InChI=1S/C16H23N3O3/c1-17-14(21)6-11-8-19(9-13(11)20)16(22)15-12-5-3-2-4-10(12)7-18-15/h7,11,13,18,20H,2-6,8-9H2,1H3,(H,17,21)/t11-,13-/m1/s1. The van der Waals surface area contributed by atoms with Crippen LogP contribution < -0.4 is 5.32 Å². The molecule has 1 aliphatic carbocycles. The van der Waals surface area contributed by atoms with Crippen molar-refractivity contribution in [1.82, 2.24) is 15.2 Å². The van der Waals surface area contributed by atoms with E-state index in [1.807, 2.05) is 6.20 Å². The van der Waals surface area contributed by atoms with Crippen molar-refractivity contribution in [3.8, 4) is 0 Å². The van der Waals surface area contributed by atoms with Crippen molar-refractivity contribution in [2.45, 2.75) is 38.2 Å². The highest BCUT2D eigenvalue weighted by molar-refractivity contribution is 5.94. The fourth-order valence-corrected chi connectivity index (χ4v) is 3.53. The van der Waals surface area contributed by atoms with Gasteiger partial charge in [-0.25, -0.2) is 0 Å². The fraction of sp³-hybridized carbons (Fsp3) is 0.625. The number of nitrogens with zero attached hydrogens (tertiary/aromatic N) is 1. The fourth-order valence-electron chi connectivity index (χ4n) is 3.53. The first-order valence-corrected chi connectivity index (χ1v) is 7.97. The van der Waals surface area contributed by atoms with E-state index in [9.17, 15) is 14.7 Å². The van der Waals surface area contributed by atoms with Gasteiger partial charge in [0, 0.05) is 38.7 Å². The number of amides is 2. The number of aryl methyl sites for hydroxylation is 1. The largest absolute Gasteiger partial charge is 0.391 e. The molecule has 6 nitrogen and oxygen atoms in total. The number of aromatic nitrogens is 1. The van der Waals surface area contributed by atoms with Gasteiger partial charge in [-0.05, 0) is 36.8 Å². The number of carbonyl (C=O) groups is 2. The summed E-state index contributed by atoms with van der Waals surface area (Å²) in [5.41, 5.74) is 3.05. The molecule has 1 aromatic rings. The van der Waals surface area contributed by atoms with E-state index in [1.54, 1.807) is 11.9 Å². The molecule has 3 rings (SSSR count). The first-order valence-electron chi connectivity index (χ1n) is 7.97. The summed E-state index contributed by atoms with van der Waals surface area (Å²) in [6, 6.07) is 0. The second-order valence-electron chi connectivity index (χ2n) is 6.29. The molecule has 0 spiro atoms. The maximum atomic E-state index is 12.7. The van der Waals surface area contributed by atoms with E-state index in [4.69, 9.17) is 0 Å². The molecule has 1 aliphatic heterocycles. The molecular formula is C16H23N3O3. The molecule has 1 aromatic heterocycles. The van der Waals surface area contributed by atoms with Crippen LogP contribution >= 0.6 is 0 Å². The second-order valence-corrected chi connectivity index (χ2v) is 6.29. The zero-order valence-electron chi connectivity index (χ0n) is 12.9. The maximum absolute atomic E-state index is 12.7. The molecule has 3 N–H and O–H groups in total. The second kappa shape index (κ2) is 6.12. The van der Waals surface area contributed by atoms with Crippen molar-refractivity contribution in [2.24, 2.45) is 5.92 Å². The summed E-state index contributed by atoms with van der Waals surface area (Å²) in [5.74, 6) is -0.341. The lowest BCUT2D eigenvalue weighted by Gasteiger charge is -2.18. The smallest absolute Gasteiger partial charge is 0.270 e. The lowest BCUT2D eigenvalue weighted by atomic mass is 9.93. The van der Waals surface area contributed by atoms with E-state index in [0.29, 0.717) is 18.8 Å². The molecule has 2 aliphatic rings. The third-order valence-electron chi connectivity index (χ3n) is 4.84. The van der Waals surface area contributed by atoms with Crippen molar-refractivity contribution in [1.29, 1.82) is 0 Å². The Morgan fingerprint density at radius 1 is 1.36 bits per heavy atom. The van der Waals surface area contributed by atoms with Gasteiger partial charge in [0.1, 0.15) is 5.69 Å². The van der Waals surface area contributed by atoms with Gasteiger partial charge in [0.25, 0.3) is 5.91 Å². The number of aliphatic hydroxyl groups is 1. The van der Waals surface area contributed by atoms with Crippen molar-refractivity contribution < 1.29 is 14.7 Å². The van der Waals surface area contributed by atoms with Gasteiger partial charge >= 0.3 is 0 Å². The molecule has 22 heavy (non-hydrogen) atoms. The van der Waals surface area contributed by atoms with E-state index in [2.05, 4.69) is 10.3 Å². The van der Waals surface area contributed by atoms with Gasteiger partial charge in [0.05, 0.1) is 6.10 Å². The lowest BCUT2D eigenvalue weighted by Crippen LogP contribution is -2.31.